The van der Waals surface area contributed by atoms with Gasteiger partial charge in [0.05, 0.1) is 11.2 Å². The Balaban J connectivity index is 2.07. The molecule has 0 aliphatic rings. The summed E-state index contributed by atoms with van der Waals surface area (Å²) in [5.74, 6) is 0.858. The second-order valence-electron chi connectivity index (χ2n) is 4.25. The molecule has 3 heteroatoms. The van der Waals surface area contributed by atoms with Gasteiger partial charge in [-0.25, -0.2) is 4.99 Å². The van der Waals surface area contributed by atoms with Crippen LogP contribution in [0.15, 0.2) is 53.5 Å². The minimum Gasteiger partial charge on any atom is -0.489 e. The number of benzene rings is 2. The van der Waals surface area contributed by atoms with Crippen molar-refractivity contribution in [3.8, 4) is 5.75 Å². The first-order valence-electron chi connectivity index (χ1n) is 6.11. The van der Waals surface area contributed by atoms with Gasteiger partial charge in [-0.1, -0.05) is 30.3 Å². The molecule has 2 aromatic carbocycles. The van der Waals surface area contributed by atoms with Crippen LogP contribution in [0.5, 0.6) is 5.75 Å². The van der Waals surface area contributed by atoms with E-state index >= 15 is 0 Å². The Labute approximate surface area is 118 Å². The van der Waals surface area contributed by atoms with Gasteiger partial charge in [-0.15, -0.1) is 11.8 Å². The maximum atomic E-state index is 5.81. The molecule has 0 bridgehead atoms. The quantitative estimate of drug-likeness (QED) is 0.585. The Bertz CT molecular complexity index is 552. The van der Waals surface area contributed by atoms with Crippen LogP contribution in [-0.2, 0) is 6.61 Å². The lowest BCUT2D eigenvalue weighted by molar-refractivity contribution is 0.306. The maximum absolute atomic E-state index is 5.81. The average molecular weight is 271 g/mol. The number of rotatable bonds is 5. The van der Waals surface area contributed by atoms with Crippen molar-refractivity contribution in [2.45, 2.75) is 13.5 Å². The normalized spacial score (nSPS) is 10.8. The second-order valence-corrected chi connectivity index (χ2v) is 4.93. The summed E-state index contributed by atoms with van der Waals surface area (Å²) < 4.78 is 5.81. The first-order chi connectivity index (χ1) is 9.28. The van der Waals surface area contributed by atoms with Gasteiger partial charge in [-0.05, 0) is 36.4 Å². The highest BCUT2D eigenvalue weighted by atomic mass is 32.2. The van der Waals surface area contributed by atoms with Crippen LogP contribution in [0.3, 0.4) is 0 Å². The van der Waals surface area contributed by atoms with Gasteiger partial charge in [0.2, 0.25) is 0 Å². The molecule has 0 fully saturated rings. The van der Waals surface area contributed by atoms with Crippen molar-refractivity contribution in [1.82, 2.24) is 0 Å². The molecule has 0 atom stereocenters. The van der Waals surface area contributed by atoms with E-state index in [1.54, 1.807) is 11.8 Å². The van der Waals surface area contributed by atoms with Gasteiger partial charge in [0.25, 0.3) is 0 Å². The summed E-state index contributed by atoms with van der Waals surface area (Å²) in [6, 6.07) is 16.2. The van der Waals surface area contributed by atoms with E-state index in [-0.39, 0.29) is 0 Å². The molecule has 0 aliphatic carbocycles. The third-order valence-electron chi connectivity index (χ3n) is 2.59. The van der Waals surface area contributed by atoms with Gasteiger partial charge in [-0.2, -0.15) is 0 Å². The Morgan fingerprint density at radius 1 is 1.16 bits per heavy atom. The molecule has 0 amide bonds. The SMILES string of the molecule is CSC=Nc1cc(C)cc(OCc2ccccc2)c1. The van der Waals surface area contributed by atoms with E-state index in [1.165, 1.54) is 0 Å². The lowest BCUT2D eigenvalue weighted by Gasteiger charge is -2.08. The second kappa shape index (κ2) is 7.00. The van der Waals surface area contributed by atoms with Crippen LogP contribution < -0.4 is 4.74 Å². The number of nitrogens with zero attached hydrogens (tertiary/aromatic N) is 1. The Morgan fingerprint density at radius 2 is 1.95 bits per heavy atom. The largest absolute Gasteiger partial charge is 0.489 e. The Kier molecular flexibility index (Phi) is 5.04. The predicted octanol–water partition coefficient (Wildman–Crippen LogP) is 4.60. The fourth-order valence-electron chi connectivity index (χ4n) is 1.74. The minimum absolute atomic E-state index is 0.579. The number of aryl methyl sites for hydroxylation is 1. The zero-order chi connectivity index (χ0) is 13.5. The van der Waals surface area contributed by atoms with Crippen molar-refractivity contribution in [2.75, 3.05) is 6.26 Å². The Hall–Kier alpha value is -1.74. The zero-order valence-corrected chi connectivity index (χ0v) is 12.0. The summed E-state index contributed by atoms with van der Waals surface area (Å²) in [5, 5.41) is 0. The van der Waals surface area contributed by atoms with Crippen LogP contribution in [0.25, 0.3) is 0 Å². The van der Waals surface area contributed by atoms with Crippen LogP contribution in [0.4, 0.5) is 5.69 Å². The topological polar surface area (TPSA) is 21.6 Å². The highest BCUT2D eigenvalue weighted by Gasteiger charge is 1.99. The fourth-order valence-corrected chi connectivity index (χ4v) is 1.97. The van der Waals surface area contributed by atoms with Gasteiger partial charge in [0, 0.05) is 6.07 Å². The predicted molar refractivity (Wildman–Crippen MR) is 83.6 cm³/mol. The molecule has 2 nitrogen and oxygen atoms in total. The van der Waals surface area contributed by atoms with E-state index in [1.807, 2.05) is 55.1 Å². The molecule has 0 radical (unpaired) electrons. The van der Waals surface area contributed by atoms with E-state index in [4.69, 9.17) is 4.74 Å². The highest BCUT2D eigenvalue weighted by Crippen LogP contribution is 2.23. The molecule has 0 N–H and O–H groups in total. The third kappa shape index (κ3) is 4.45. The van der Waals surface area contributed by atoms with Crippen molar-refractivity contribution in [2.24, 2.45) is 4.99 Å². The molecule has 0 saturated carbocycles. The first-order valence-corrected chi connectivity index (χ1v) is 7.40. The highest BCUT2D eigenvalue weighted by molar-refractivity contribution is 8.11. The summed E-state index contributed by atoms with van der Waals surface area (Å²) in [5.41, 5.74) is 5.07. The number of thioether (sulfide) groups is 1. The molecule has 0 unspecified atom stereocenters. The van der Waals surface area contributed by atoms with Crippen molar-refractivity contribution >= 4 is 23.0 Å². The smallest absolute Gasteiger partial charge is 0.122 e. The summed E-state index contributed by atoms with van der Waals surface area (Å²) in [6.07, 6.45) is 1.99. The van der Waals surface area contributed by atoms with E-state index < -0.39 is 0 Å². The molecule has 0 aliphatic heterocycles. The average Bonchev–Trinajstić information content (AvgIpc) is 2.43. The molecule has 2 aromatic rings. The van der Waals surface area contributed by atoms with Gasteiger partial charge >= 0.3 is 0 Å². The van der Waals surface area contributed by atoms with Gasteiger partial charge in [0.1, 0.15) is 12.4 Å². The standard InChI is InChI=1S/C16H17NOS/c1-13-8-15(17-12-19-2)10-16(9-13)18-11-14-6-4-3-5-7-14/h3-10,12H,11H2,1-2H3. The molecule has 2 rings (SSSR count). The molecule has 98 valence electrons. The number of ether oxygens (including phenoxy) is 1. The molecule has 0 saturated heterocycles. The van der Waals surface area contributed by atoms with E-state index in [0.29, 0.717) is 6.61 Å². The van der Waals surface area contributed by atoms with Crippen LogP contribution >= 0.6 is 11.8 Å². The Morgan fingerprint density at radius 3 is 2.68 bits per heavy atom. The molecular weight excluding hydrogens is 254 g/mol. The van der Waals surface area contributed by atoms with Crippen molar-refractivity contribution in [3.05, 3.63) is 59.7 Å². The van der Waals surface area contributed by atoms with Crippen molar-refractivity contribution < 1.29 is 4.74 Å². The maximum Gasteiger partial charge on any atom is 0.122 e. The van der Waals surface area contributed by atoms with Crippen molar-refractivity contribution in [1.29, 1.82) is 0 Å². The van der Waals surface area contributed by atoms with Crippen molar-refractivity contribution in [3.63, 3.8) is 0 Å². The lowest BCUT2D eigenvalue weighted by Crippen LogP contribution is -1.95. The summed E-state index contributed by atoms with van der Waals surface area (Å²) in [4.78, 5) is 4.36. The fraction of sp³-hybridized carbons (Fsp3) is 0.188. The van der Waals surface area contributed by atoms with Crippen LogP contribution in [0, 0.1) is 6.92 Å². The first kappa shape index (κ1) is 13.7. The lowest BCUT2D eigenvalue weighted by atomic mass is 10.2. The van der Waals surface area contributed by atoms with E-state index in [2.05, 4.69) is 17.1 Å². The third-order valence-corrected chi connectivity index (χ3v) is 2.91. The van der Waals surface area contributed by atoms with Crippen LogP contribution in [0.2, 0.25) is 0 Å². The van der Waals surface area contributed by atoms with Crippen LogP contribution in [-0.4, -0.2) is 11.8 Å². The number of hydrogen-bond acceptors (Lipinski definition) is 3. The molecular formula is C16H17NOS. The summed E-state index contributed by atoms with van der Waals surface area (Å²) >= 11 is 1.59. The summed E-state index contributed by atoms with van der Waals surface area (Å²) in [7, 11) is 0. The molecule has 19 heavy (non-hydrogen) atoms. The molecule has 0 aromatic heterocycles. The van der Waals surface area contributed by atoms with Crippen LogP contribution in [0.1, 0.15) is 11.1 Å². The number of aliphatic imine (C=N–C) groups is 1. The minimum atomic E-state index is 0.579. The van der Waals surface area contributed by atoms with E-state index in [0.717, 1.165) is 22.6 Å². The van der Waals surface area contributed by atoms with Gasteiger partial charge in [-0.3, -0.25) is 0 Å². The van der Waals surface area contributed by atoms with Gasteiger partial charge in [0.15, 0.2) is 0 Å². The molecule has 0 heterocycles. The number of hydrogen-bond donors (Lipinski definition) is 0. The summed E-state index contributed by atoms with van der Waals surface area (Å²) in [6.45, 7) is 2.63. The van der Waals surface area contributed by atoms with E-state index in [9.17, 15) is 0 Å². The monoisotopic (exact) mass is 271 g/mol. The van der Waals surface area contributed by atoms with Gasteiger partial charge < -0.3 is 4.74 Å². The molecule has 0 spiro atoms. The zero-order valence-electron chi connectivity index (χ0n) is 11.2.